The molecule has 3 rings (SSSR count). The molecule has 0 aromatic heterocycles. The van der Waals surface area contributed by atoms with Gasteiger partial charge in [0.2, 0.25) is 5.91 Å². The number of amides is 1. The van der Waals surface area contributed by atoms with Gasteiger partial charge < -0.3 is 10.0 Å². The number of anilines is 1. The smallest absolute Gasteiger partial charge is 0.240 e. The second kappa shape index (κ2) is 4.84. The van der Waals surface area contributed by atoms with Gasteiger partial charge in [-0.2, -0.15) is 0 Å². The topological polar surface area (TPSA) is 40.5 Å². The predicted octanol–water partition coefficient (Wildman–Crippen LogP) is 2.57. The van der Waals surface area contributed by atoms with Crippen molar-refractivity contribution in [2.75, 3.05) is 17.2 Å². The van der Waals surface area contributed by atoms with Gasteiger partial charge in [-0.3, -0.25) is 4.79 Å². The fraction of sp³-hybridized carbons (Fsp3) is 0.500. The minimum atomic E-state index is 0.0931. The lowest BCUT2D eigenvalue weighted by Gasteiger charge is -2.31. The number of phenols is 1. The zero-order valence-corrected chi connectivity index (χ0v) is 11.1. The highest BCUT2D eigenvalue weighted by atomic mass is 32.2. The molecule has 1 saturated heterocycles. The van der Waals surface area contributed by atoms with Crippen LogP contribution in [0.25, 0.3) is 0 Å². The number of para-hydroxylation sites is 1. The highest BCUT2D eigenvalue weighted by Crippen LogP contribution is 2.38. The summed E-state index contributed by atoms with van der Waals surface area (Å²) in [5.41, 5.74) is 1.85. The van der Waals surface area contributed by atoms with Crippen molar-refractivity contribution in [1.29, 1.82) is 0 Å². The van der Waals surface area contributed by atoms with Gasteiger partial charge >= 0.3 is 0 Å². The van der Waals surface area contributed by atoms with Gasteiger partial charge in [0.1, 0.15) is 5.75 Å². The number of carbonyl (C=O) groups excluding carboxylic acids is 1. The van der Waals surface area contributed by atoms with Crippen LogP contribution in [0, 0.1) is 0 Å². The van der Waals surface area contributed by atoms with E-state index >= 15 is 0 Å². The first-order valence-corrected chi connectivity index (χ1v) is 7.56. The van der Waals surface area contributed by atoms with Crippen molar-refractivity contribution < 1.29 is 9.90 Å². The van der Waals surface area contributed by atoms with Crippen molar-refractivity contribution in [3.8, 4) is 5.75 Å². The third kappa shape index (κ3) is 1.99. The summed E-state index contributed by atoms with van der Waals surface area (Å²) < 4.78 is 0. The molecule has 1 aromatic rings. The minimum Gasteiger partial charge on any atom is -0.506 e. The highest BCUT2D eigenvalue weighted by molar-refractivity contribution is 8.00. The maximum Gasteiger partial charge on any atom is 0.240 e. The molecular weight excluding hydrogens is 246 g/mol. The van der Waals surface area contributed by atoms with E-state index in [2.05, 4.69) is 0 Å². The summed E-state index contributed by atoms with van der Waals surface area (Å²) in [6.45, 7) is 0.737. The van der Waals surface area contributed by atoms with E-state index in [-0.39, 0.29) is 16.9 Å². The molecule has 18 heavy (non-hydrogen) atoms. The van der Waals surface area contributed by atoms with Crippen molar-refractivity contribution in [3.63, 3.8) is 0 Å². The second-order valence-corrected chi connectivity index (χ2v) is 6.19. The molecule has 0 spiro atoms. The Labute approximate surface area is 111 Å². The fourth-order valence-electron chi connectivity index (χ4n) is 2.80. The Kier molecular flexibility index (Phi) is 3.20. The van der Waals surface area contributed by atoms with Gasteiger partial charge in [0.05, 0.1) is 10.9 Å². The molecular formula is C14H17NO2S. The minimum absolute atomic E-state index is 0.0931. The molecule has 3 nitrogen and oxygen atoms in total. The Balaban J connectivity index is 1.93. The van der Waals surface area contributed by atoms with Gasteiger partial charge in [0.15, 0.2) is 0 Å². The average molecular weight is 263 g/mol. The van der Waals surface area contributed by atoms with Crippen LogP contribution in [-0.2, 0) is 11.2 Å². The summed E-state index contributed by atoms with van der Waals surface area (Å²) in [5, 5.41) is 10.1. The summed E-state index contributed by atoms with van der Waals surface area (Å²) in [6.07, 6.45) is 4.04. The zero-order valence-electron chi connectivity index (χ0n) is 10.3. The lowest BCUT2D eigenvalue weighted by Crippen LogP contribution is -2.40. The molecule has 1 N–H and O–H groups in total. The lowest BCUT2D eigenvalue weighted by molar-refractivity contribution is -0.118. The third-order valence-corrected chi connectivity index (χ3v) is 5.03. The van der Waals surface area contributed by atoms with E-state index in [1.54, 1.807) is 22.7 Å². The number of aryl methyl sites for hydroxylation is 1. The van der Waals surface area contributed by atoms with Crippen molar-refractivity contribution in [1.82, 2.24) is 0 Å². The number of thioether (sulfide) groups is 1. The molecule has 0 saturated carbocycles. The standard InChI is InChI=1S/C14H17NO2S/c16-11-6-1-4-10-5-2-8-15(13(10)11)14(17)12-7-3-9-18-12/h1,4,6,12,16H,2-3,5,7-9H2. The van der Waals surface area contributed by atoms with Crippen LogP contribution >= 0.6 is 11.8 Å². The van der Waals surface area contributed by atoms with E-state index in [4.69, 9.17) is 0 Å². The van der Waals surface area contributed by atoms with Crippen LogP contribution in [0.5, 0.6) is 5.75 Å². The van der Waals surface area contributed by atoms with Gasteiger partial charge in [0, 0.05) is 6.54 Å². The summed E-state index contributed by atoms with van der Waals surface area (Å²) in [6, 6.07) is 5.54. The Morgan fingerprint density at radius 2 is 2.28 bits per heavy atom. The zero-order chi connectivity index (χ0) is 12.5. The van der Waals surface area contributed by atoms with Crippen molar-refractivity contribution >= 4 is 23.4 Å². The lowest BCUT2D eigenvalue weighted by atomic mass is 10.0. The first kappa shape index (κ1) is 11.9. The largest absolute Gasteiger partial charge is 0.506 e. The third-order valence-electron chi connectivity index (χ3n) is 3.67. The number of hydrogen-bond acceptors (Lipinski definition) is 3. The van der Waals surface area contributed by atoms with E-state index in [0.29, 0.717) is 0 Å². The molecule has 2 aliphatic rings. The van der Waals surface area contributed by atoms with Crippen LogP contribution in [0.1, 0.15) is 24.8 Å². The molecule has 0 radical (unpaired) electrons. The van der Waals surface area contributed by atoms with Crippen LogP contribution in [0.15, 0.2) is 18.2 Å². The number of aromatic hydroxyl groups is 1. The SMILES string of the molecule is O=C(C1CCCS1)N1CCCc2cccc(O)c21. The molecule has 0 aliphatic carbocycles. The van der Waals surface area contributed by atoms with E-state index in [9.17, 15) is 9.90 Å². The Hall–Kier alpha value is -1.16. The average Bonchev–Trinajstić information content (AvgIpc) is 2.91. The maximum absolute atomic E-state index is 12.5. The molecule has 1 amide bonds. The normalized spacial score (nSPS) is 22.9. The number of fused-ring (bicyclic) bond motifs is 1. The molecule has 0 bridgehead atoms. The summed E-state index contributed by atoms with van der Waals surface area (Å²) in [7, 11) is 0. The summed E-state index contributed by atoms with van der Waals surface area (Å²) >= 11 is 1.75. The number of rotatable bonds is 1. The number of benzene rings is 1. The molecule has 1 fully saturated rings. The van der Waals surface area contributed by atoms with E-state index < -0.39 is 0 Å². The van der Waals surface area contributed by atoms with Crippen molar-refractivity contribution in [2.24, 2.45) is 0 Å². The van der Waals surface area contributed by atoms with Crippen molar-refractivity contribution in [3.05, 3.63) is 23.8 Å². The van der Waals surface area contributed by atoms with Crippen LogP contribution in [0.4, 0.5) is 5.69 Å². The van der Waals surface area contributed by atoms with E-state index in [1.165, 1.54) is 0 Å². The first-order chi connectivity index (χ1) is 8.77. The molecule has 1 atom stereocenters. The summed E-state index contributed by atoms with van der Waals surface area (Å²) in [5.74, 6) is 1.50. The van der Waals surface area contributed by atoms with E-state index in [0.717, 1.165) is 49.2 Å². The predicted molar refractivity (Wildman–Crippen MR) is 74.3 cm³/mol. The van der Waals surface area contributed by atoms with Gasteiger partial charge in [-0.05, 0) is 43.1 Å². The Bertz CT molecular complexity index is 469. The molecule has 1 aromatic carbocycles. The number of carbonyl (C=O) groups is 1. The number of phenolic OH excluding ortho intramolecular Hbond substituents is 1. The van der Waals surface area contributed by atoms with Crippen LogP contribution in [0.3, 0.4) is 0 Å². The number of nitrogens with zero attached hydrogens (tertiary/aromatic N) is 1. The van der Waals surface area contributed by atoms with Gasteiger partial charge in [0.25, 0.3) is 0 Å². The van der Waals surface area contributed by atoms with E-state index in [1.807, 2.05) is 12.1 Å². The fourth-order valence-corrected chi connectivity index (χ4v) is 4.02. The Morgan fingerprint density at radius 1 is 1.39 bits per heavy atom. The monoisotopic (exact) mass is 263 g/mol. The molecule has 2 heterocycles. The van der Waals surface area contributed by atoms with Gasteiger partial charge in [-0.25, -0.2) is 0 Å². The first-order valence-electron chi connectivity index (χ1n) is 6.51. The maximum atomic E-state index is 12.5. The highest BCUT2D eigenvalue weighted by Gasteiger charge is 2.32. The van der Waals surface area contributed by atoms with Gasteiger partial charge in [-0.15, -0.1) is 11.8 Å². The van der Waals surface area contributed by atoms with Crippen molar-refractivity contribution in [2.45, 2.75) is 30.9 Å². The summed E-state index contributed by atoms with van der Waals surface area (Å²) in [4.78, 5) is 14.3. The molecule has 2 aliphatic heterocycles. The molecule has 1 unspecified atom stereocenters. The Morgan fingerprint density at radius 3 is 3.06 bits per heavy atom. The quantitative estimate of drug-likeness (QED) is 0.846. The van der Waals surface area contributed by atoms with Crippen LogP contribution < -0.4 is 4.90 Å². The van der Waals surface area contributed by atoms with Crippen LogP contribution in [0.2, 0.25) is 0 Å². The van der Waals surface area contributed by atoms with Crippen LogP contribution in [-0.4, -0.2) is 28.6 Å². The molecule has 96 valence electrons. The molecule has 4 heteroatoms. The number of hydrogen-bond donors (Lipinski definition) is 1. The van der Waals surface area contributed by atoms with Gasteiger partial charge in [-0.1, -0.05) is 12.1 Å². The second-order valence-electron chi connectivity index (χ2n) is 4.88.